The van der Waals surface area contributed by atoms with Gasteiger partial charge in [0.25, 0.3) is 11.8 Å². The highest BCUT2D eigenvalue weighted by Crippen LogP contribution is 2.28. The number of hydrogen-bond acceptors (Lipinski definition) is 6. The Morgan fingerprint density at radius 3 is 2.26 bits per heavy atom. The molecule has 0 fully saturated rings. The van der Waals surface area contributed by atoms with E-state index in [4.69, 9.17) is 14.2 Å². The molecule has 0 atom stereocenters. The molecule has 31 heavy (non-hydrogen) atoms. The molecular weight excluding hydrogens is 398 g/mol. The van der Waals surface area contributed by atoms with Crippen molar-refractivity contribution in [3.63, 3.8) is 0 Å². The molecule has 0 aromatic heterocycles. The molecule has 2 aromatic rings. The molecule has 0 aliphatic heterocycles. The van der Waals surface area contributed by atoms with E-state index in [1.165, 1.54) is 7.11 Å². The summed E-state index contributed by atoms with van der Waals surface area (Å²) in [7, 11) is 3.07. The second-order valence-electron chi connectivity index (χ2n) is 6.71. The van der Waals surface area contributed by atoms with E-state index >= 15 is 0 Å². The maximum atomic E-state index is 12.4. The summed E-state index contributed by atoms with van der Waals surface area (Å²) in [6.45, 7) is 7.22. The van der Waals surface area contributed by atoms with Gasteiger partial charge < -0.3 is 29.7 Å². The lowest BCUT2D eigenvalue weighted by Gasteiger charge is -2.18. The standard InChI is InChI=1S/C23H31N3O5/c1-5-26(6-2)14-13-24-23(28)17-7-12-20(21(15-17)30-4)31-16-22(27)25-18-8-10-19(29-3)11-9-18/h7-12,15H,5-6,13-14,16H2,1-4H3,(H,24,28)(H,25,27). The molecule has 2 rings (SSSR count). The van der Waals surface area contributed by atoms with Gasteiger partial charge in [0.1, 0.15) is 5.75 Å². The van der Waals surface area contributed by atoms with Crippen LogP contribution in [-0.4, -0.2) is 63.7 Å². The summed E-state index contributed by atoms with van der Waals surface area (Å²) in [5, 5.41) is 5.65. The van der Waals surface area contributed by atoms with Crippen molar-refractivity contribution in [3.8, 4) is 17.2 Å². The second-order valence-corrected chi connectivity index (χ2v) is 6.71. The monoisotopic (exact) mass is 429 g/mol. The molecule has 2 aromatic carbocycles. The zero-order valence-electron chi connectivity index (χ0n) is 18.6. The number of carbonyl (C=O) groups is 2. The van der Waals surface area contributed by atoms with Crippen molar-refractivity contribution in [2.75, 3.05) is 52.3 Å². The quantitative estimate of drug-likeness (QED) is 0.539. The Balaban J connectivity index is 1.90. The van der Waals surface area contributed by atoms with E-state index in [1.54, 1.807) is 49.6 Å². The number of carbonyl (C=O) groups excluding carboxylic acids is 2. The first-order chi connectivity index (χ1) is 15.0. The highest BCUT2D eigenvalue weighted by molar-refractivity contribution is 5.95. The zero-order valence-corrected chi connectivity index (χ0v) is 18.6. The fraction of sp³-hybridized carbons (Fsp3) is 0.391. The fourth-order valence-electron chi connectivity index (χ4n) is 2.91. The summed E-state index contributed by atoms with van der Waals surface area (Å²) in [6.07, 6.45) is 0. The number of nitrogens with zero attached hydrogens (tertiary/aromatic N) is 1. The van der Waals surface area contributed by atoms with Crippen molar-refractivity contribution in [3.05, 3.63) is 48.0 Å². The van der Waals surface area contributed by atoms with E-state index < -0.39 is 0 Å². The van der Waals surface area contributed by atoms with E-state index in [1.807, 2.05) is 0 Å². The highest BCUT2D eigenvalue weighted by Gasteiger charge is 2.13. The van der Waals surface area contributed by atoms with Crippen LogP contribution in [-0.2, 0) is 4.79 Å². The molecule has 2 amide bonds. The van der Waals surface area contributed by atoms with Crippen LogP contribution in [0.2, 0.25) is 0 Å². The normalized spacial score (nSPS) is 10.5. The summed E-state index contributed by atoms with van der Waals surface area (Å²) in [4.78, 5) is 26.8. The van der Waals surface area contributed by atoms with Crippen LogP contribution < -0.4 is 24.8 Å². The summed E-state index contributed by atoms with van der Waals surface area (Å²) in [5.41, 5.74) is 1.10. The largest absolute Gasteiger partial charge is 0.497 e. The van der Waals surface area contributed by atoms with Crippen LogP contribution in [0.25, 0.3) is 0 Å². The Morgan fingerprint density at radius 2 is 1.65 bits per heavy atom. The van der Waals surface area contributed by atoms with Gasteiger partial charge in [0.2, 0.25) is 0 Å². The number of likely N-dealkylation sites (N-methyl/N-ethyl adjacent to an activating group) is 1. The van der Waals surface area contributed by atoms with Crippen molar-refractivity contribution in [2.24, 2.45) is 0 Å². The smallest absolute Gasteiger partial charge is 0.262 e. The van der Waals surface area contributed by atoms with Crippen LogP contribution >= 0.6 is 0 Å². The van der Waals surface area contributed by atoms with E-state index in [-0.39, 0.29) is 18.4 Å². The molecule has 0 unspecified atom stereocenters. The van der Waals surface area contributed by atoms with E-state index in [9.17, 15) is 9.59 Å². The number of rotatable bonds is 12. The Hall–Kier alpha value is -3.26. The van der Waals surface area contributed by atoms with E-state index in [2.05, 4.69) is 29.4 Å². The third kappa shape index (κ3) is 7.49. The summed E-state index contributed by atoms with van der Waals surface area (Å²) >= 11 is 0. The fourth-order valence-corrected chi connectivity index (χ4v) is 2.91. The van der Waals surface area contributed by atoms with Gasteiger partial charge in [-0.05, 0) is 55.6 Å². The average molecular weight is 430 g/mol. The summed E-state index contributed by atoms with van der Waals surface area (Å²) in [6, 6.07) is 11.9. The minimum atomic E-state index is -0.314. The summed E-state index contributed by atoms with van der Waals surface area (Å²) < 4.78 is 16.0. The average Bonchev–Trinajstić information content (AvgIpc) is 2.80. The van der Waals surface area contributed by atoms with Gasteiger partial charge in [0, 0.05) is 24.3 Å². The number of hydrogen-bond donors (Lipinski definition) is 2. The van der Waals surface area contributed by atoms with Crippen molar-refractivity contribution < 1.29 is 23.8 Å². The molecule has 0 saturated carbocycles. The van der Waals surface area contributed by atoms with Crippen LogP contribution in [0, 0.1) is 0 Å². The number of anilines is 1. The lowest BCUT2D eigenvalue weighted by Crippen LogP contribution is -2.34. The molecule has 0 aliphatic carbocycles. The first-order valence-corrected chi connectivity index (χ1v) is 10.3. The lowest BCUT2D eigenvalue weighted by molar-refractivity contribution is -0.118. The predicted molar refractivity (Wildman–Crippen MR) is 120 cm³/mol. The number of nitrogens with one attached hydrogen (secondary N) is 2. The minimum absolute atomic E-state index is 0.186. The van der Waals surface area contributed by atoms with Gasteiger partial charge in [0.05, 0.1) is 14.2 Å². The van der Waals surface area contributed by atoms with Crippen LogP contribution in [0.15, 0.2) is 42.5 Å². The van der Waals surface area contributed by atoms with Gasteiger partial charge >= 0.3 is 0 Å². The number of methoxy groups -OCH3 is 2. The van der Waals surface area contributed by atoms with Gasteiger partial charge in [-0.2, -0.15) is 0 Å². The Labute approximate surface area is 183 Å². The van der Waals surface area contributed by atoms with Gasteiger partial charge in [0.15, 0.2) is 18.1 Å². The van der Waals surface area contributed by atoms with Crippen molar-refractivity contribution in [1.82, 2.24) is 10.2 Å². The lowest BCUT2D eigenvalue weighted by atomic mass is 10.2. The van der Waals surface area contributed by atoms with E-state index in [0.29, 0.717) is 35.0 Å². The Morgan fingerprint density at radius 1 is 0.935 bits per heavy atom. The topological polar surface area (TPSA) is 89.1 Å². The molecule has 0 saturated heterocycles. The molecule has 2 N–H and O–H groups in total. The van der Waals surface area contributed by atoms with Gasteiger partial charge in [-0.3, -0.25) is 9.59 Å². The molecule has 0 radical (unpaired) electrons. The number of benzene rings is 2. The van der Waals surface area contributed by atoms with Crippen molar-refractivity contribution in [1.29, 1.82) is 0 Å². The van der Waals surface area contributed by atoms with Gasteiger partial charge in [-0.1, -0.05) is 13.8 Å². The number of ether oxygens (including phenoxy) is 3. The zero-order chi connectivity index (χ0) is 22.6. The molecule has 168 valence electrons. The van der Waals surface area contributed by atoms with Crippen molar-refractivity contribution in [2.45, 2.75) is 13.8 Å². The Kier molecular flexibility index (Phi) is 9.64. The minimum Gasteiger partial charge on any atom is -0.497 e. The summed E-state index contributed by atoms with van der Waals surface area (Å²) in [5.74, 6) is 0.969. The molecule has 0 heterocycles. The SMILES string of the molecule is CCN(CC)CCNC(=O)c1ccc(OCC(=O)Nc2ccc(OC)cc2)c(OC)c1. The molecule has 0 bridgehead atoms. The Bertz CT molecular complexity index is 851. The number of amides is 2. The first-order valence-electron chi connectivity index (χ1n) is 10.3. The third-order valence-corrected chi connectivity index (χ3v) is 4.77. The third-order valence-electron chi connectivity index (χ3n) is 4.77. The maximum Gasteiger partial charge on any atom is 0.262 e. The predicted octanol–water partition coefficient (Wildman–Crippen LogP) is 2.79. The molecule has 0 spiro atoms. The molecule has 0 aliphatic rings. The van der Waals surface area contributed by atoms with E-state index in [0.717, 1.165) is 19.6 Å². The van der Waals surface area contributed by atoms with Crippen LogP contribution in [0.5, 0.6) is 17.2 Å². The van der Waals surface area contributed by atoms with Crippen LogP contribution in [0.1, 0.15) is 24.2 Å². The van der Waals surface area contributed by atoms with Crippen LogP contribution in [0.3, 0.4) is 0 Å². The second kappa shape index (κ2) is 12.4. The van der Waals surface area contributed by atoms with Gasteiger partial charge in [-0.15, -0.1) is 0 Å². The highest BCUT2D eigenvalue weighted by atomic mass is 16.5. The van der Waals surface area contributed by atoms with Gasteiger partial charge in [-0.25, -0.2) is 0 Å². The van der Waals surface area contributed by atoms with Crippen LogP contribution in [0.4, 0.5) is 5.69 Å². The van der Waals surface area contributed by atoms with Crippen molar-refractivity contribution >= 4 is 17.5 Å². The first kappa shape index (κ1) is 24.0. The molecular formula is C23H31N3O5. The maximum absolute atomic E-state index is 12.4. The molecule has 8 nitrogen and oxygen atoms in total. The molecule has 8 heteroatoms.